The minimum absolute atomic E-state index is 0.0930. The van der Waals surface area contributed by atoms with E-state index in [9.17, 15) is 4.39 Å². The molecular formula is C16H27FN2. The van der Waals surface area contributed by atoms with Crippen molar-refractivity contribution >= 4 is 5.69 Å². The van der Waals surface area contributed by atoms with Gasteiger partial charge in [-0.15, -0.1) is 0 Å². The van der Waals surface area contributed by atoms with Gasteiger partial charge in [0.25, 0.3) is 0 Å². The number of anilines is 1. The lowest BCUT2D eigenvalue weighted by atomic mass is 10.0. The van der Waals surface area contributed by atoms with Gasteiger partial charge in [-0.05, 0) is 37.8 Å². The summed E-state index contributed by atoms with van der Waals surface area (Å²) in [7, 11) is 1.97. The second kappa shape index (κ2) is 7.49. The highest BCUT2D eigenvalue weighted by Crippen LogP contribution is 2.27. The molecule has 0 spiro atoms. The Morgan fingerprint density at radius 1 is 1.32 bits per heavy atom. The average molecular weight is 266 g/mol. The maximum Gasteiger partial charge on any atom is 0.146 e. The van der Waals surface area contributed by atoms with Crippen LogP contribution in [-0.2, 0) is 6.42 Å². The monoisotopic (exact) mass is 266 g/mol. The van der Waals surface area contributed by atoms with E-state index in [-0.39, 0.29) is 11.9 Å². The fourth-order valence-corrected chi connectivity index (χ4v) is 2.38. The van der Waals surface area contributed by atoms with E-state index in [0.29, 0.717) is 11.7 Å². The van der Waals surface area contributed by atoms with Gasteiger partial charge in [0.1, 0.15) is 5.82 Å². The van der Waals surface area contributed by atoms with Crippen molar-refractivity contribution in [1.29, 1.82) is 0 Å². The number of hydrogen-bond acceptors (Lipinski definition) is 2. The molecule has 1 aromatic rings. The third kappa shape index (κ3) is 4.20. The number of nitrogens with two attached hydrogens (primary N) is 1. The molecule has 1 rings (SSSR count). The summed E-state index contributed by atoms with van der Waals surface area (Å²) in [6, 6.07) is 5.72. The van der Waals surface area contributed by atoms with Crippen LogP contribution >= 0.6 is 0 Å². The Balaban J connectivity index is 3.03. The van der Waals surface area contributed by atoms with Gasteiger partial charge in [-0.25, -0.2) is 4.39 Å². The number of para-hydroxylation sites is 1. The molecule has 108 valence electrons. The maximum absolute atomic E-state index is 14.2. The van der Waals surface area contributed by atoms with Gasteiger partial charge < -0.3 is 10.6 Å². The van der Waals surface area contributed by atoms with E-state index < -0.39 is 0 Å². The molecule has 3 heteroatoms. The van der Waals surface area contributed by atoms with Crippen LogP contribution in [0, 0.1) is 5.82 Å². The van der Waals surface area contributed by atoms with Crippen molar-refractivity contribution in [1.82, 2.24) is 0 Å². The molecule has 0 aliphatic rings. The quantitative estimate of drug-likeness (QED) is 0.814. The fraction of sp³-hybridized carbons (Fsp3) is 0.625. The number of rotatable bonds is 7. The van der Waals surface area contributed by atoms with Crippen molar-refractivity contribution in [3.8, 4) is 0 Å². The molecule has 0 radical (unpaired) electrons. The van der Waals surface area contributed by atoms with E-state index in [0.717, 1.165) is 31.2 Å². The molecule has 2 unspecified atom stereocenters. The third-order valence-electron chi connectivity index (χ3n) is 3.80. The van der Waals surface area contributed by atoms with Crippen LogP contribution in [0.25, 0.3) is 0 Å². The number of benzene rings is 1. The third-order valence-corrected chi connectivity index (χ3v) is 3.80. The molecule has 2 N–H and O–H groups in total. The van der Waals surface area contributed by atoms with Gasteiger partial charge in [-0.3, -0.25) is 0 Å². The Bertz CT molecular complexity index is 392. The molecule has 0 bridgehead atoms. The van der Waals surface area contributed by atoms with Gasteiger partial charge in [0.05, 0.1) is 5.69 Å². The second-order valence-electron chi connectivity index (χ2n) is 5.37. The summed E-state index contributed by atoms with van der Waals surface area (Å²) in [6.07, 6.45) is 3.80. The Morgan fingerprint density at radius 2 is 2.00 bits per heavy atom. The first-order chi connectivity index (χ1) is 9.01. The summed E-state index contributed by atoms with van der Waals surface area (Å²) in [5, 5.41) is 0. The molecule has 2 nitrogen and oxygen atoms in total. The average Bonchev–Trinajstić information content (AvgIpc) is 2.38. The largest absolute Gasteiger partial charge is 0.369 e. The molecule has 0 aromatic heterocycles. The van der Waals surface area contributed by atoms with Gasteiger partial charge >= 0.3 is 0 Å². The van der Waals surface area contributed by atoms with Crippen LogP contribution in [-0.4, -0.2) is 19.1 Å². The summed E-state index contributed by atoms with van der Waals surface area (Å²) in [6.45, 7) is 6.35. The predicted octanol–water partition coefficient (Wildman–Crippen LogP) is 3.73. The van der Waals surface area contributed by atoms with Crippen molar-refractivity contribution in [2.24, 2.45) is 5.73 Å². The van der Waals surface area contributed by atoms with E-state index in [1.165, 1.54) is 6.07 Å². The fourth-order valence-electron chi connectivity index (χ4n) is 2.38. The molecule has 0 saturated carbocycles. The molecular weight excluding hydrogens is 239 g/mol. The van der Waals surface area contributed by atoms with Crippen LogP contribution in [0.2, 0.25) is 0 Å². The molecule has 0 aliphatic carbocycles. The van der Waals surface area contributed by atoms with Crippen LogP contribution < -0.4 is 10.6 Å². The summed E-state index contributed by atoms with van der Waals surface area (Å²) >= 11 is 0. The van der Waals surface area contributed by atoms with E-state index in [4.69, 9.17) is 5.73 Å². The zero-order valence-electron chi connectivity index (χ0n) is 12.6. The molecule has 0 saturated heterocycles. The molecule has 0 aliphatic heterocycles. The number of nitrogens with zero attached hydrogens (tertiary/aromatic N) is 1. The Kier molecular flexibility index (Phi) is 6.29. The predicted molar refractivity (Wildman–Crippen MR) is 81.1 cm³/mol. The van der Waals surface area contributed by atoms with Crippen molar-refractivity contribution in [3.63, 3.8) is 0 Å². The lowest BCUT2D eigenvalue weighted by Gasteiger charge is -2.30. The van der Waals surface area contributed by atoms with Crippen LogP contribution in [0.15, 0.2) is 18.2 Å². The van der Waals surface area contributed by atoms with Gasteiger partial charge in [0.15, 0.2) is 0 Å². The maximum atomic E-state index is 14.2. The van der Waals surface area contributed by atoms with Gasteiger partial charge in [0, 0.05) is 19.1 Å². The first-order valence-corrected chi connectivity index (χ1v) is 7.27. The molecule has 0 fully saturated rings. The number of halogens is 1. The summed E-state index contributed by atoms with van der Waals surface area (Å²) < 4.78 is 14.2. The first kappa shape index (κ1) is 16.0. The molecule has 19 heavy (non-hydrogen) atoms. The first-order valence-electron chi connectivity index (χ1n) is 7.27. The smallest absolute Gasteiger partial charge is 0.146 e. The Morgan fingerprint density at radius 3 is 2.58 bits per heavy atom. The van der Waals surface area contributed by atoms with E-state index in [1.54, 1.807) is 6.07 Å². The highest BCUT2D eigenvalue weighted by molar-refractivity contribution is 5.55. The SMILES string of the molecule is CCCC(C)N(C)c1c(F)cccc1CC(N)CC. The summed E-state index contributed by atoms with van der Waals surface area (Å²) in [5.41, 5.74) is 7.75. The minimum Gasteiger partial charge on any atom is -0.369 e. The highest BCUT2D eigenvalue weighted by atomic mass is 19.1. The van der Waals surface area contributed by atoms with E-state index in [2.05, 4.69) is 25.7 Å². The van der Waals surface area contributed by atoms with Crippen molar-refractivity contribution in [2.75, 3.05) is 11.9 Å². The molecule has 2 atom stereocenters. The normalized spacial score (nSPS) is 14.2. The zero-order valence-corrected chi connectivity index (χ0v) is 12.6. The van der Waals surface area contributed by atoms with Crippen LogP contribution in [0.5, 0.6) is 0 Å². The lowest BCUT2D eigenvalue weighted by Crippen LogP contribution is -2.31. The standard InChI is InChI=1S/C16H27FN2/c1-5-8-12(3)19(4)16-13(11-14(18)6-2)9-7-10-15(16)17/h7,9-10,12,14H,5-6,8,11,18H2,1-4H3. The molecule has 0 amide bonds. The minimum atomic E-state index is -0.147. The summed E-state index contributed by atoms with van der Waals surface area (Å²) in [4.78, 5) is 2.05. The Labute approximate surface area is 116 Å². The van der Waals surface area contributed by atoms with Crippen molar-refractivity contribution < 1.29 is 4.39 Å². The van der Waals surface area contributed by atoms with Crippen LogP contribution in [0.4, 0.5) is 10.1 Å². The highest BCUT2D eigenvalue weighted by Gasteiger charge is 2.18. The molecule has 1 aromatic carbocycles. The van der Waals surface area contributed by atoms with Crippen LogP contribution in [0.1, 0.15) is 45.6 Å². The second-order valence-corrected chi connectivity index (χ2v) is 5.37. The lowest BCUT2D eigenvalue weighted by molar-refractivity contribution is 0.573. The van der Waals surface area contributed by atoms with E-state index >= 15 is 0 Å². The van der Waals surface area contributed by atoms with Crippen molar-refractivity contribution in [2.45, 2.75) is 58.5 Å². The zero-order chi connectivity index (χ0) is 14.4. The van der Waals surface area contributed by atoms with Crippen LogP contribution in [0.3, 0.4) is 0 Å². The van der Waals surface area contributed by atoms with E-state index in [1.807, 2.05) is 13.1 Å². The summed E-state index contributed by atoms with van der Waals surface area (Å²) in [5.74, 6) is -0.147. The number of hydrogen-bond donors (Lipinski definition) is 1. The Hall–Kier alpha value is -1.09. The van der Waals surface area contributed by atoms with Gasteiger partial charge in [-0.2, -0.15) is 0 Å². The van der Waals surface area contributed by atoms with Crippen molar-refractivity contribution in [3.05, 3.63) is 29.6 Å². The molecule has 0 heterocycles. The van der Waals surface area contributed by atoms with Gasteiger partial charge in [0.2, 0.25) is 0 Å². The topological polar surface area (TPSA) is 29.3 Å². The van der Waals surface area contributed by atoms with Gasteiger partial charge in [-0.1, -0.05) is 32.4 Å².